The number of alkyl halides is 6. The molecule has 1 aromatic carbocycles. The number of aliphatic carboxylic acids is 2. The van der Waals surface area contributed by atoms with E-state index >= 15 is 0 Å². The van der Waals surface area contributed by atoms with Crippen molar-refractivity contribution >= 4 is 18.0 Å². The highest BCUT2D eigenvalue weighted by Crippen LogP contribution is 2.40. The standard InChI is InChI=1S/C21H29N5O.2C2HF3O2/c1-3-25-13-14-26-17(2)15-22-19(26)21(25)9-11-24(12-10-21)20(27)23-16-18-7-5-4-6-8-18;2*3-2(4,5)1(6)7/h4-8,15H,3,9-14,16H2,1-2H3,(H,23,27);2*(H,6,7). The predicted octanol–water partition coefficient (Wildman–Crippen LogP) is 3.99. The lowest BCUT2D eigenvalue weighted by atomic mass is 9.83. The molecule has 0 unspecified atom stereocenters. The van der Waals surface area contributed by atoms with E-state index in [0.29, 0.717) is 6.54 Å². The van der Waals surface area contributed by atoms with Crippen LogP contribution in [0.1, 0.15) is 36.8 Å². The molecule has 3 heterocycles. The van der Waals surface area contributed by atoms with Crippen molar-refractivity contribution in [1.82, 2.24) is 24.7 Å². The number of likely N-dealkylation sites (N-methyl/N-ethyl adjacent to an activating group) is 1. The molecule has 0 radical (unpaired) electrons. The van der Waals surface area contributed by atoms with Crippen LogP contribution in [0.2, 0.25) is 0 Å². The van der Waals surface area contributed by atoms with Gasteiger partial charge in [-0.3, -0.25) is 4.90 Å². The van der Waals surface area contributed by atoms with Crippen LogP contribution in [0.25, 0.3) is 0 Å². The molecule has 1 aromatic heterocycles. The normalized spacial score (nSPS) is 16.4. The summed E-state index contributed by atoms with van der Waals surface area (Å²) in [5.74, 6) is -4.32. The number of carboxylic acid groups (broad SMARTS) is 2. The Morgan fingerprint density at radius 2 is 1.44 bits per heavy atom. The summed E-state index contributed by atoms with van der Waals surface area (Å²) >= 11 is 0. The summed E-state index contributed by atoms with van der Waals surface area (Å²) in [5, 5.41) is 17.3. The molecule has 0 bridgehead atoms. The minimum atomic E-state index is -5.08. The molecule has 3 N–H and O–H groups in total. The van der Waals surface area contributed by atoms with Crippen LogP contribution in [-0.4, -0.2) is 86.1 Å². The molecule has 228 valence electrons. The van der Waals surface area contributed by atoms with E-state index in [2.05, 4.69) is 28.6 Å². The number of hydrogen-bond acceptors (Lipinski definition) is 5. The molecule has 2 aliphatic rings. The number of benzene rings is 1. The average Bonchev–Trinajstić information content (AvgIpc) is 3.30. The molecule has 0 saturated carbocycles. The molecule has 1 spiro atoms. The molecule has 16 heteroatoms. The zero-order valence-corrected chi connectivity index (χ0v) is 22.3. The fraction of sp³-hybridized carbons (Fsp3) is 0.520. The number of halogens is 6. The third-order valence-corrected chi connectivity index (χ3v) is 6.70. The van der Waals surface area contributed by atoms with E-state index < -0.39 is 24.3 Å². The van der Waals surface area contributed by atoms with E-state index in [1.807, 2.05) is 41.4 Å². The van der Waals surface area contributed by atoms with Gasteiger partial charge in [0.15, 0.2) is 0 Å². The van der Waals surface area contributed by atoms with Crippen LogP contribution >= 0.6 is 0 Å². The van der Waals surface area contributed by atoms with Crippen molar-refractivity contribution in [2.75, 3.05) is 26.2 Å². The van der Waals surface area contributed by atoms with Crippen molar-refractivity contribution < 1.29 is 50.9 Å². The summed E-state index contributed by atoms with van der Waals surface area (Å²) in [4.78, 5) is 39.7. The Labute approximate surface area is 231 Å². The molecular formula is C25H31F6N5O5. The number of imidazole rings is 1. The zero-order chi connectivity index (χ0) is 31.0. The third-order valence-electron chi connectivity index (χ3n) is 6.70. The van der Waals surface area contributed by atoms with Crippen molar-refractivity contribution in [2.45, 2.75) is 57.7 Å². The van der Waals surface area contributed by atoms with Gasteiger partial charge in [0.25, 0.3) is 0 Å². The maximum atomic E-state index is 12.6. The Morgan fingerprint density at radius 1 is 0.927 bits per heavy atom. The van der Waals surface area contributed by atoms with Gasteiger partial charge in [0.05, 0.1) is 5.54 Å². The second kappa shape index (κ2) is 13.7. The van der Waals surface area contributed by atoms with Crippen LogP contribution in [0.15, 0.2) is 36.5 Å². The number of rotatable bonds is 3. The maximum absolute atomic E-state index is 12.6. The minimum Gasteiger partial charge on any atom is -0.475 e. The number of carbonyl (C=O) groups excluding carboxylic acids is 1. The first-order valence-electron chi connectivity index (χ1n) is 12.5. The minimum absolute atomic E-state index is 0.0303. The fourth-order valence-corrected chi connectivity index (χ4v) is 4.66. The smallest absolute Gasteiger partial charge is 0.475 e. The highest BCUT2D eigenvalue weighted by molar-refractivity contribution is 5.74. The number of fused-ring (bicyclic) bond motifs is 2. The summed E-state index contributed by atoms with van der Waals surface area (Å²) in [5.41, 5.74) is 2.33. The number of aryl methyl sites for hydroxylation is 1. The van der Waals surface area contributed by atoms with Gasteiger partial charge in [-0.2, -0.15) is 26.3 Å². The number of piperidine rings is 1. The molecule has 1 saturated heterocycles. The van der Waals surface area contributed by atoms with Gasteiger partial charge in [-0.25, -0.2) is 19.4 Å². The number of carboxylic acids is 2. The second-order valence-corrected chi connectivity index (χ2v) is 9.22. The molecule has 1 fully saturated rings. The summed E-state index contributed by atoms with van der Waals surface area (Å²) in [6, 6.07) is 10.1. The van der Waals surface area contributed by atoms with E-state index in [1.54, 1.807) is 0 Å². The van der Waals surface area contributed by atoms with Crippen LogP contribution in [0, 0.1) is 6.92 Å². The lowest BCUT2D eigenvalue weighted by Gasteiger charge is -2.50. The topological polar surface area (TPSA) is 128 Å². The summed E-state index contributed by atoms with van der Waals surface area (Å²) in [6.45, 7) is 9.56. The zero-order valence-electron chi connectivity index (χ0n) is 22.3. The van der Waals surface area contributed by atoms with Gasteiger partial charge in [-0.15, -0.1) is 0 Å². The molecule has 4 rings (SSSR count). The molecular weight excluding hydrogens is 564 g/mol. The fourth-order valence-electron chi connectivity index (χ4n) is 4.66. The molecule has 10 nitrogen and oxygen atoms in total. The Bertz CT molecular complexity index is 1150. The molecule has 2 amide bonds. The number of likely N-dealkylation sites (tertiary alicyclic amines) is 1. The number of urea groups is 1. The van der Waals surface area contributed by atoms with Crippen LogP contribution in [-0.2, 0) is 28.2 Å². The maximum Gasteiger partial charge on any atom is 0.490 e. The molecule has 2 aromatic rings. The molecule has 0 atom stereocenters. The lowest BCUT2D eigenvalue weighted by molar-refractivity contribution is -0.193. The van der Waals surface area contributed by atoms with Crippen LogP contribution < -0.4 is 5.32 Å². The Morgan fingerprint density at radius 3 is 1.90 bits per heavy atom. The van der Waals surface area contributed by atoms with Gasteiger partial charge in [0.2, 0.25) is 0 Å². The Kier molecular flexibility index (Phi) is 11.2. The van der Waals surface area contributed by atoms with Crippen molar-refractivity contribution in [2.24, 2.45) is 0 Å². The predicted molar refractivity (Wildman–Crippen MR) is 133 cm³/mol. The van der Waals surface area contributed by atoms with Crippen molar-refractivity contribution in [3.05, 3.63) is 53.6 Å². The number of hydrogen-bond donors (Lipinski definition) is 3. The first-order chi connectivity index (χ1) is 19.0. The number of nitrogens with one attached hydrogen (secondary N) is 1. The van der Waals surface area contributed by atoms with Gasteiger partial charge in [0, 0.05) is 44.6 Å². The average molecular weight is 596 g/mol. The number of nitrogens with zero attached hydrogens (tertiary/aromatic N) is 4. The SMILES string of the molecule is CCN1CCn2c(C)cnc2C12CCN(C(=O)NCc1ccccc1)CC2.O=C(O)C(F)(F)F.O=C(O)C(F)(F)F. The third kappa shape index (κ3) is 8.83. The first kappa shape index (κ1) is 33.4. The highest BCUT2D eigenvalue weighted by Gasteiger charge is 2.47. The van der Waals surface area contributed by atoms with Crippen LogP contribution in [0.4, 0.5) is 31.1 Å². The van der Waals surface area contributed by atoms with Crippen molar-refractivity contribution in [3.63, 3.8) is 0 Å². The Balaban J connectivity index is 0.000000349. The number of carbonyl (C=O) groups is 3. The van der Waals surface area contributed by atoms with Gasteiger partial charge >= 0.3 is 30.3 Å². The van der Waals surface area contributed by atoms with Crippen molar-refractivity contribution in [1.29, 1.82) is 0 Å². The van der Waals surface area contributed by atoms with Gasteiger partial charge in [0.1, 0.15) is 5.82 Å². The Hall–Kier alpha value is -3.82. The summed E-state index contributed by atoms with van der Waals surface area (Å²) in [6.07, 6.45) is -6.29. The quantitative estimate of drug-likeness (QED) is 0.458. The number of aromatic nitrogens is 2. The molecule has 0 aliphatic carbocycles. The number of amides is 2. The largest absolute Gasteiger partial charge is 0.490 e. The van der Waals surface area contributed by atoms with Gasteiger partial charge < -0.3 is 25.0 Å². The van der Waals surface area contributed by atoms with E-state index in [-0.39, 0.29) is 11.6 Å². The van der Waals surface area contributed by atoms with Crippen LogP contribution in [0.5, 0.6) is 0 Å². The van der Waals surface area contributed by atoms with E-state index in [1.165, 1.54) is 11.5 Å². The lowest BCUT2D eigenvalue weighted by Crippen LogP contribution is -2.59. The first-order valence-corrected chi connectivity index (χ1v) is 12.5. The summed E-state index contributed by atoms with van der Waals surface area (Å²) < 4.78 is 65.8. The van der Waals surface area contributed by atoms with Gasteiger partial charge in [-0.05, 0) is 31.9 Å². The molecule has 41 heavy (non-hydrogen) atoms. The second-order valence-electron chi connectivity index (χ2n) is 9.22. The van der Waals surface area contributed by atoms with Gasteiger partial charge in [-0.1, -0.05) is 37.3 Å². The van der Waals surface area contributed by atoms with E-state index in [9.17, 15) is 31.1 Å². The van der Waals surface area contributed by atoms with E-state index in [0.717, 1.165) is 51.1 Å². The van der Waals surface area contributed by atoms with E-state index in [4.69, 9.17) is 24.8 Å². The highest BCUT2D eigenvalue weighted by atomic mass is 19.4. The monoisotopic (exact) mass is 595 g/mol. The van der Waals surface area contributed by atoms with Crippen LogP contribution in [0.3, 0.4) is 0 Å². The van der Waals surface area contributed by atoms with Crippen molar-refractivity contribution in [3.8, 4) is 0 Å². The summed E-state index contributed by atoms with van der Waals surface area (Å²) in [7, 11) is 0. The molecule has 2 aliphatic heterocycles.